The van der Waals surface area contributed by atoms with Gasteiger partial charge in [-0.3, -0.25) is 28.5 Å². The Morgan fingerprint density at radius 3 is 1.74 bits per heavy atom. The lowest BCUT2D eigenvalue weighted by Crippen LogP contribution is -2.45. The zero-order valence-electron chi connectivity index (χ0n) is 46.9. The summed E-state index contributed by atoms with van der Waals surface area (Å²) in [4.78, 5) is 57.7. The molecule has 2 aliphatic heterocycles. The van der Waals surface area contributed by atoms with Crippen LogP contribution in [0.25, 0.3) is 22.6 Å². The van der Waals surface area contributed by atoms with Gasteiger partial charge in [-0.1, -0.05) is 49.8 Å². The van der Waals surface area contributed by atoms with Crippen molar-refractivity contribution in [3.05, 3.63) is 77.1 Å². The molecule has 22 heteroatoms. The van der Waals surface area contributed by atoms with E-state index in [1.165, 1.54) is 44.7 Å². The number of benzene rings is 1. The topological polar surface area (TPSA) is 258 Å². The molecular formula is C58H83N15O7. The molecule has 1 aromatic carbocycles. The number of piperidine rings is 2. The number of hydrogen-bond donors (Lipinski definition) is 5. The molecule has 2 saturated heterocycles. The molecule has 2 unspecified atom stereocenters. The van der Waals surface area contributed by atoms with E-state index < -0.39 is 0 Å². The van der Waals surface area contributed by atoms with E-state index in [4.69, 9.17) is 19.7 Å². The first-order valence-electron chi connectivity index (χ1n) is 29.6. The molecule has 5 fully saturated rings. The number of carbonyl (C=O) groups excluding carboxylic acids is 4. The van der Waals surface area contributed by atoms with E-state index in [9.17, 15) is 24.4 Å². The molecule has 4 amide bonds. The van der Waals surface area contributed by atoms with Gasteiger partial charge in [-0.05, 0) is 134 Å². The Bertz CT molecular complexity index is 2750. The van der Waals surface area contributed by atoms with Crippen LogP contribution in [-0.2, 0) is 16.0 Å². The largest absolute Gasteiger partial charge is 0.618 e. The molecular weight excluding hydrogens is 1020 g/mol. The molecule has 3 saturated carbocycles. The first-order chi connectivity index (χ1) is 39.1. The zero-order chi connectivity index (χ0) is 55.6. The van der Waals surface area contributed by atoms with Crippen LogP contribution in [0.3, 0.4) is 0 Å². The number of rotatable bonds is 24. The van der Waals surface area contributed by atoms with Gasteiger partial charge in [0.15, 0.2) is 23.4 Å². The fourth-order valence-electron chi connectivity index (χ4n) is 11.9. The van der Waals surface area contributed by atoms with Gasteiger partial charge in [0.2, 0.25) is 17.5 Å². The summed E-state index contributed by atoms with van der Waals surface area (Å²) in [6, 6.07) is 14.5. The zero-order valence-corrected chi connectivity index (χ0v) is 46.9. The third kappa shape index (κ3) is 15.7. The first-order valence-corrected chi connectivity index (χ1v) is 29.6. The number of aromatic nitrogens is 9. The average molecular weight is 1100 g/mol. The van der Waals surface area contributed by atoms with Crippen LogP contribution >= 0.6 is 0 Å². The van der Waals surface area contributed by atoms with Gasteiger partial charge in [-0.25, -0.2) is 0 Å². The van der Waals surface area contributed by atoms with E-state index in [1.807, 2.05) is 39.7 Å². The number of methoxy groups -OCH3 is 2. The van der Waals surface area contributed by atoms with Gasteiger partial charge >= 0.3 is 0 Å². The first kappa shape index (κ1) is 57.7. The number of pyridine rings is 1. The summed E-state index contributed by atoms with van der Waals surface area (Å²) in [6.07, 6.45) is 22.8. The Kier molecular flexibility index (Phi) is 20.9. The lowest BCUT2D eigenvalue weighted by molar-refractivity contribution is -0.593. The molecule has 5 N–H and O–H groups in total. The minimum Gasteiger partial charge on any atom is -0.618 e. The Hall–Kier alpha value is -6.94. The Morgan fingerprint density at radius 1 is 0.675 bits per heavy atom. The van der Waals surface area contributed by atoms with E-state index >= 15 is 0 Å². The second-order valence-electron chi connectivity index (χ2n) is 22.3. The molecule has 0 bridgehead atoms. The number of aromatic amines is 1. The molecule has 2 atom stereocenters. The lowest BCUT2D eigenvalue weighted by atomic mass is 9.93. The van der Waals surface area contributed by atoms with Crippen molar-refractivity contribution in [2.24, 2.45) is 0 Å². The minimum absolute atomic E-state index is 0.00232. The van der Waals surface area contributed by atoms with Crippen molar-refractivity contribution in [1.29, 1.82) is 0 Å². The van der Waals surface area contributed by atoms with E-state index in [0.717, 1.165) is 132 Å². The van der Waals surface area contributed by atoms with Crippen LogP contribution in [0.5, 0.6) is 11.5 Å². The number of nitrogens with zero attached hydrogens (tertiary/aromatic N) is 10. The van der Waals surface area contributed by atoms with E-state index in [-0.39, 0.29) is 66.7 Å². The van der Waals surface area contributed by atoms with Crippen LogP contribution in [0, 0.1) is 5.21 Å². The van der Waals surface area contributed by atoms with Crippen LogP contribution in [-0.4, -0.2) is 152 Å². The van der Waals surface area contributed by atoms with Crippen LogP contribution in [0.4, 0.5) is 0 Å². The molecule has 4 aromatic heterocycles. The quantitative estimate of drug-likeness (QED) is 0.0338. The highest BCUT2D eigenvalue weighted by Gasteiger charge is 2.31. The Morgan fingerprint density at radius 2 is 1.23 bits per heavy atom. The predicted molar refractivity (Wildman–Crippen MR) is 301 cm³/mol. The van der Waals surface area contributed by atoms with Crippen LogP contribution < -0.4 is 35.5 Å². The highest BCUT2D eigenvalue weighted by molar-refractivity contribution is 5.95. The smallest absolute Gasteiger partial charge is 0.272 e. The molecule has 432 valence electrons. The van der Waals surface area contributed by atoms with Gasteiger partial charge in [0.25, 0.3) is 11.8 Å². The normalized spacial score (nSPS) is 18.1. The molecule has 3 aliphatic carbocycles. The van der Waals surface area contributed by atoms with Gasteiger partial charge in [-0.2, -0.15) is 20.1 Å². The number of tetrazole rings is 1. The molecule has 10 rings (SSSR count). The Balaban J connectivity index is 0.000000196. The van der Waals surface area contributed by atoms with Crippen molar-refractivity contribution >= 4 is 23.6 Å². The number of likely N-dealkylation sites (tertiary alicyclic amines) is 2. The van der Waals surface area contributed by atoms with Crippen LogP contribution in [0.15, 0.2) is 54.7 Å². The summed E-state index contributed by atoms with van der Waals surface area (Å²) in [5.41, 5.74) is 3.33. The number of hydrogen-bond acceptors (Lipinski definition) is 14. The SMILES string of the molecule is COc1cccc(OC)c1-c1cc(C(=O)NC(CCN2CCCCC2)CC(=O)NCCc2nn[nH]n2)nn1C1CCCC1.O=C(CC(CCN1CCCCC1)NC(=O)c1cc(-c2cccc[n+]2[O-])n(C2CCCC2)n1)NC1CCC1. The summed E-state index contributed by atoms with van der Waals surface area (Å²) < 4.78 is 16.1. The van der Waals surface area contributed by atoms with E-state index in [0.29, 0.717) is 59.5 Å². The number of amides is 4. The van der Waals surface area contributed by atoms with E-state index in [1.54, 1.807) is 32.4 Å². The molecule has 6 heterocycles. The predicted octanol–water partition coefficient (Wildman–Crippen LogP) is 6.25. The molecule has 0 spiro atoms. The third-order valence-corrected chi connectivity index (χ3v) is 16.6. The number of ether oxygens (including phenoxy) is 2. The van der Waals surface area contributed by atoms with Gasteiger partial charge in [-0.15, -0.1) is 10.2 Å². The second kappa shape index (κ2) is 29.0. The third-order valence-electron chi connectivity index (χ3n) is 16.6. The summed E-state index contributed by atoms with van der Waals surface area (Å²) in [5.74, 6) is 1.13. The van der Waals surface area contributed by atoms with Crippen molar-refractivity contribution in [2.75, 3.05) is 60.0 Å². The van der Waals surface area contributed by atoms with Crippen molar-refractivity contribution in [2.45, 2.75) is 171 Å². The maximum Gasteiger partial charge on any atom is 0.272 e. The highest BCUT2D eigenvalue weighted by atomic mass is 16.5. The molecule has 0 radical (unpaired) electrons. The monoisotopic (exact) mass is 1100 g/mol. The van der Waals surface area contributed by atoms with Gasteiger partial charge in [0.1, 0.15) is 17.2 Å². The van der Waals surface area contributed by atoms with Gasteiger partial charge in [0, 0.05) is 75.2 Å². The average Bonchev–Trinajstić information content (AvgIpc) is 4.43. The number of carbonyl (C=O) groups is 4. The minimum atomic E-state index is -0.347. The summed E-state index contributed by atoms with van der Waals surface area (Å²) in [6.45, 7) is 6.33. The molecule has 80 heavy (non-hydrogen) atoms. The van der Waals surface area contributed by atoms with E-state index in [2.05, 4.69) is 51.7 Å². The van der Waals surface area contributed by atoms with Crippen molar-refractivity contribution in [3.8, 4) is 34.1 Å². The fraction of sp³-hybridized carbons (Fsp3) is 0.621. The van der Waals surface area contributed by atoms with Crippen LogP contribution in [0.1, 0.15) is 174 Å². The summed E-state index contributed by atoms with van der Waals surface area (Å²) in [5, 5.41) is 48.2. The van der Waals surface area contributed by atoms with Crippen molar-refractivity contribution < 1.29 is 33.4 Å². The summed E-state index contributed by atoms with van der Waals surface area (Å²) in [7, 11) is 3.25. The van der Waals surface area contributed by atoms with Crippen molar-refractivity contribution in [3.63, 3.8) is 0 Å². The molecule has 5 aliphatic rings. The Labute approximate surface area is 469 Å². The molecule has 5 aromatic rings. The number of H-pyrrole nitrogens is 1. The van der Waals surface area contributed by atoms with Gasteiger partial charge < -0.3 is 45.7 Å². The second-order valence-corrected chi connectivity index (χ2v) is 22.3. The highest BCUT2D eigenvalue weighted by Crippen LogP contribution is 2.42. The van der Waals surface area contributed by atoms with Gasteiger partial charge in [0.05, 0.1) is 37.6 Å². The lowest BCUT2D eigenvalue weighted by Gasteiger charge is -2.29. The fourth-order valence-corrected chi connectivity index (χ4v) is 11.9. The molecule has 22 nitrogen and oxygen atoms in total. The standard InChI is InChI=1S/C30H43N9O4.C28H40N6O3/c1-42-25-11-8-12-26(43-2)29(25)24-20-23(35-39(24)22-9-4-5-10-22)30(41)32-21(14-18-38-16-6-3-7-17-38)19-28(40)31-15-13-27-33-36-37-34-27;35-27(29-21-9-8-10-21)19-22(14-18-32-15-5-1-6-16-32)30-28(36)24-20-26(25-13-4-7-17-33(25)37)34(31-24)23-11-2-3-12-23/h8,11-12,20-22H,3-7,9-10,13-19H2,1-2H3,(H,31,40)(H,32,41)(H,33,34,36,37);4,7,13,17,20-23H,1-3,5-6,8-12,14-16,18-19H2,(H,29,35)(H,30,36). The summed E-state index contributed by atoms with van der Waals surface area (Å²) >= 11 is 0. The maximum absolute atomic E-state index is 13.8. The maximum atomic E-state index is 13.8. The number of nitrogens with one attached hydrogen (secondary N) is 5. The van der Waals surface area contributed by atoms with Crippen molar-refractivity contribution in [1.82, 2.24) is 71.3 Å². The van der Waals surface area contributed by atoms with Crippen LogP contribution in [0.2, 0.25) is 0 Å².